The number of hydrogen-bond donors (Lipinski definition) is 0. The van der Waals surface area contributed by atoms with Gasteiger partial charge in [0.25, 0.3) is 0 Å². The van der Waals surface area contributed by atoms with Gasteiger partial charge in [-0.25, -0.2) is 0 Å². The number of hydrogen-bond acceptors (Lipinski definition) is 2. The Balaban J connectivity index is 1.99. The van der Waals surface area contributed by atoms with E-state index in [1.54, 1.807) is 0 Å². The van der Waals surface area contributed by atoms with Crippen LogP contribution in [-0.4, -0.2) is 18.3 Å². The van der Waals surface area contributed by atoms with Crippen molar-refractivity contribution in [3.8, 4) is 0 Å². The fourth-order valence-corrected chi connectivity index (χ4v) is 3.05. The summed E-state index contributed by atoms with van der Waals surface area (Å²) >= 11 is 0. The van der Waals surface area contributed by atoms with Gasteiger partial charge in [-0.1, -0.05) is 74.8 Å². The monoisotopic (exact) mass is 386 g/mol. The van der Waals surface area contributed by atoms with Gasteiger partial charge >= 0.3 is 7.12 Å². The molecule has 158 valence electrons. The van der Waals surface area contributed by atoms with Gasteiger partial charge in [-0.2, -0.15) is 0 Å². The van der Waals surface area contributed by atoms with Crippen molar-refractivity contribution in [1.82, 2.24) is 0 Å². The molecule has 1 aliphatic heterocycles. The molecule has 0 N–H and O–H groups in total. The Morgan fingerprint density at radius 1 is 0.607 bits per heavy atom. The lowest BCUT2D eigenvalue weighted by molar-refractivity contribution is 0.00578. The lowest BCUT2D eigenvalue weighted by Gasteiger charge is -2.32. The molecule has 0 unspecified atom stereocenters. The van der Waals surface area contributed by atoms with Crippen LogP contribution in [0.15, 0.2) is 48.6 Å². The molecule has 28 heavy (non-hydrogen) atoms. The van der Waals surface area contributed by atoms with Crippen molar-refractivity contribution < 1.29 is 9.31 Å². The summed E-state index contributed by atoms with van der Waals surface area (Å²) in [5.74, 6) is 0. The van der Waals surface area contributed by atoms with Gasteiger partial charge < -0.3 is 9.31 Å². The van der Waals surface area contributed by atoms with Crippen molar-refractivity contribution >= 4 is 7.12 Å². The summed E-state index contributed by atoms with van der Waals surface area (Å²) in [7, 11) is -0.0590. The Bertz CT molecular complexity index is 499. The third kappa shape index (κ3) is 10.5. The Morgan fingerprint density at radius 2 is 1.04 bits per heavy atom. The van der Waals surface area contributed by atoms with Crippen molar-refractivity contribution in [1.29, 1.82) is 0 Å². The summed E-state index contributed by atoms with van der Waals surface area (Å²) in [6.45, 7) is 10.7. The zero-order valence-corrected chi connectivity index (χ0v) is 19.1. The summed E-state index contributed by atoms with van der Waals surface area (Å²) in [4.78, 5) is 0. The first-order valence-corrected chi connectivity index (χ1v) is 11.3. The van der Waals surface area contributed by atoms with Crippen LogP contribution in [0.25, 0.3) is 0 Å². The average molecular weight is 386 g/mol. The zero-order valence-electron chi connectivity index (χ0n) is 19.1. The van der Waals surface area contributed by atoms with Gasteiger partial charge in [-0.05, 0) is 72.5 Å². The molecule has 1 aliphatic rings. The number of allylic oxidation sites excluding steroid dienone is 8. The van der Waals surface area contributed by atoms with Gasteiger partial charge in [0.2, 0.25) is 0 Å². The first-order chi connectivity index (χ1) is 13.4. The molecular weight excluding hydrogens is 343 g/mol. The van der Waals surface area contributed by atoms with Crippen molar-refractivity contribution in [2.45, 2.75) is 110 Å². The summed E-state index contributed by atoms with van der Waals surface area (Å²) in [5.41, 5.74) is -0.421. The largest absolute Gasteiger partial charge is 0.457 e. The van der Waals surface area contributed by atoms with Crippen molar-refractivity contribution in [3.05, 3.63) is 48.6 Å². The van der Waals surface area contributed by atoms with E-state index in [4.69, 9.17) is 9.31 Å². The van der Waals surface area contributed by atoms with Crippen LogP contribution < -0.4 is 0 Å². The van der Waals surface area contributed by atoms with Crippen LogP contribution in [0.2, 0.25) is 6.32 Å². The Kier molecular flexibility index (Phi) is 12.5. The molecule has 0 aromatic heterocycles. The molecular formula is C25H43BO2. The summed E-state index contributed by atoms with van der Waals surface area (Å²) in [6.07, 6.45) is 29.6. The first kappa shape index (κ1) is 25.0. The lowest BCUT2D eigenvalue weighted by atomic mass is 9.82. The predicted octanol–water partition coefficient (Wildman–Crippen LogP) is 7.83. The molecule has 0 amide bonds. The van der Waals surface area contributed by atoms with E-state index < -0.39 is 0 Å². The highest BCUT2D eigenvalue weighted by atomic mass is 16.7. The molecule has 1 saturated heterocycles. The fourth-order valence-electron chi connectivity index (χ4n) is 3.05. The van der Waals surface area contributed by atoms with Crippen molar-refractivity contribution in [2.24, 2.45) is 0 Å². The van der Waals surface area contributed by atoms with E-state index in [1.165, 1.54) is 25.7 Å². The molecule has 0 bridgehead atoms. The summed E-state index contributed by atoms with van der Waals surface area (Å²) < 4.78 is 12.0. The average Bonchev–Trinajstić information content (AvgIpc) is 2.84. The molecule has 0 atom stereocenters. The van der Waals surface area contributed by atoms with Crippen LogP contribution in [0.5, 0.6) is 0 Å². The molecule has 0 saturated carbocycles. The predicted molar refractivity (Wildman–Crippen MR) is 125 cm³/mol. The molecule has 0 aromatic rings. The SMILES string of the molecule is CCCCC/C=C\C/C=C\C/C=C\C/C=C\CCCB1OC(C)(C)C(C)(C)O1. The Morgan fingerprint density at radius 3 is 1.50 bits per heavy atom. The fraction of sp³-hybridized carbons (Fsp3) is 0.680. The summed E-state index contributed by atoms with van der Waals surface area (Å²) in [5, 5.41) is 0. The van der Waals surface area contributed by atoms with Crippen LogP contribution in [-0.2, 0) is 9.31 Å². The van der Waals surface area contributed by atoms with E-state index in [1.807, 2.05) is 0 Å². The maximum atomic E-state index is 6.02. The number of rotatable bonds is 14. The highest BCUT2D eigenvalue weighted by Gasteiger charge is 2.50. The van der Waals surface area contributed by atoms with Gasteiger partial charge in [0.05, 0.1) is 11.2 Å². The van der Waals surface area contributed by atoms with Crippen LogP contribution in [0.4, 0.5) is 0 Å². The standard InChI is InChI=1S/C25H43BO2/c1-6-7-8-9-10-11-12-13-14-15-16-17-18-19-20-21-22-23-26-27-24(2,3)25(4,5)28-26/h10-11,13-14,16-17,19-20H,6-9,12,15,18,21-23H2,1-5H3/b11-10-,14-13-,17-16-,20-19-. The quantitative estimate of drug-likeness (QED) is 0.172. The molecule has 0 spiro atoms. The van der Waals surface area contributed by atoms with E-state index in [-0.39, 0.29) is 18.3 Å². The minimum atomic E-state index is -0.211. The van der Waals surface area contributed by atoms with Crippen LogP contribution >= 0.6 is 0 Å². The highest BCUT2D eigenvalue weighted by molar-refractivity contribution is 6.45. The molecule has 2 nitrogen and oxygen atoms in total. The van der Waals surface area contributed by atoms with Gasteiger partial charge in [0, 0.05) is 0 Å². The van der Waals surface area contributed by atoms with E-state index >= 15 is 0 Å². The molecule has 1 fully saturated rings. The van der Waals surface area contributed by atoms with Gasteiger partial charge in [0.15, 0.2) is 0 Å². The Hall–Kier alpha value is -1.06. The van der Waals surface area contributed by atoms with E-state index in [2.05, 4.69) is 83.2 Å². The smallest absolute Gasteiger partial charge is 0.403 e. The molecule has 0 aromatic carbocycles. The van der Waals surface area contributed by atoms with E-state index in [0.29, 0.717) is 0 Å². The van der Waals surface area contributed by atoms with Crippen LogP contribution in [0, 0.1) is 0 Å². The van der Waals surface area contributed by atoms with E-state index in [0.717, 1.165) is 38.4 Å². The van der Waals surface area contributed by atoms with Gasteiger partial charge in [0.1, 0.15) is 0 Å². The van der Waals surface area contributed by atoms with Crippen molar-refractivity contribution in [2.75, 3.05) is 0 Å². The normalized spacial score (nSPS) is 19.2. The third-order valence-electron chi connectivity index (χ3n) is 5.57. The van der Waals surface area contributed by atoms with Crippen LogP contribution in [0.1, 0.15) is 92.4 Å². The zero-order chi connectivity index (χ0) is 20.7. The Labute approximate surface area is 175 Å². The van der Waals surface area contributed by atoms with Gasteiger partial charge in [-0.3, -0.25) is 0 Å². The summed E-state index contributed by atoms with van der Waals surface area (Å²) in [6, 6.07) is 0. The van der Waals surface area contributed by atoms with Crippen LogP contribution in [0.3, 0.4) is 0 Å². The molecule has 1 heterocycles. The lowest BCUT2D eigenvalue weighted by Crippen LogP contribution is -2.41. The van der Waals surface area contributed by atoms with Gasteiger partial charge in [-0.15, -0.1) is 0 Å². The second-order valence-electron chi connectivity index (χ2n) is 8.71. The van der Waals surface area contributed by atoms with E-state index in [9.17, 15) is 0 Å². The minimum absolute atomic E-state index is 0.0590. The molecule has 3 heteroatoms. The highest BCUT2D eigenvalue weighted by Crippen LogP contribution is 2.38. The molecule has 0 aliphatic carbocycles. The maximum absolute atomic E-state index is 6.02. The molecule has 0 radical (unpaired) electrons. The molecule has 1 rings (SSSR count). The second kappa shape index (κ2) is 14.0. The number of unbranched alkanes of at least 4 members (excludes halogenated alkanes) is 4. The topological polar surface area (TPSA) is 18.5 Å². The minimum Gasteiger partial charge on any atom is -0.403 e. The maximum Gasteiger partial charge on any atom is 0.457 e. The van der Waals surface area contributed by atoms with Crippen molar-refractivity contribution in [3.63, 3.8) is 0 Å². The second-order valence-corrected chi connectivity index (χ2v) is 8.71. The first-order valence-electron chi connectivity index (χ1n) is 11.3. The third-order valence-corrected chi connectivity index (χ3v) is 5.57.